The lowest BCUT2D eigenvalue weighted by molar-refractivity contribution is 0.0995. The van der Waals surface area contributed by atoms with Gasteiger partial charge in [0.2, 0.25) is 5.89 Å². The molecule has 3 aromatic rings. The molecule has 178 valence electrons. The van der Waals surface area contributed by atoms with Crippen LogP contribution in [-0.4, -0.2) is 43.4 Å². The van der Waals surface area contributed by atoms with Gasteiger partial charge in [0.15, 0.2) is 11.4 Å². The second-order valence-corrected chi connectivity index (χ2v) is 9.67. The Morgan fingerprint density at radius 3 is 2.74 bits per heavy atom. The summed E-state index contributed by atoms with van der Waals surface area (Å²) in [6, 6.07) is 3.75. The van der Waals surface area contributed by atoms with E-state index in [1.165, 1.54) is 19.1 Å². The summed E-state index contributed by atoms with van der Waals surface area (Å²) in [5.74, 6) is 0.531. The summed E-state index contributed by atoms with van der Waals surface area (Å²) in [5.41, 5.74) is 6.57. The molecule has 0 atom stereocenters. The molecular formula is C23H27N7O3S. The molecule has 4 N–H and O–H groups in total. The highest BCUT2D eigenvalue weighted by atomic mass is 32.1. The minimum atomic E-state index is -0.708. The molecule has 0 saturated heterocycles. The second-order valence-electron chi connectivity index (χ2n) is 8.94. The number of hydrogen-bond donors (Lipinski definition) is 4. The second kappa shape index (κ2) is 9.49. The average molecular weight is 482 g/mol. The zero-order chi connectivity index (χ0) is 23.7. The number of nitrogens with two attached hydrogens (primary N) is 1. The molecule has 2 aliphatic carbocycles. The van der Waals surface area contributed by atoms with Crippen LogP contribution in [0.4, 0.5) is 11.5 Å². The van der Waals surface area contributed by atoms with E-state index in [9.17, 15) is 9.59 Å². The van der Waals surface area contributed by atoms with Gasteiger partial charge in [0, 0.05) is 29.8 Å². The number of carbonyl (C=O) groups excluding carboxylic acids is 2. The Morgan fingerprint density at radius 1 is 1.21 bits per heavy atom. The fourth-order valence-electron chi connectivity index (χ4n) is 4.10. The number of thiol groups is 1. The van der Waals surface area contributed by atoms with Crippen LogP contribution in [0.15, 0.2) is 35.2 Å². The Bertz CT molecular complexity index is 1190. The zero-order valence-electron chi connectivity index (χ0n) is 18.6. The van der Waals surface area contributed by atoms with E-state index in [0.717, 1.165) is 44.0 Å². The number of amides is 2. The zero-order valence-corrected chi connectivity index (χ0v) is 19.5. The molecule has 0 spiro atoms. The van der Waals surface area contributed by atoms with E-state index >= 15 is 0 Å². The molecule has 2 fully saturated rings. The van der Waals surface area contributed by atoms with Gasteiger partial charge in [0.05, 0.1) is 11.7 Å². The fourth-order valence-corrected chi connectivity index (χ4v) is 4.40. The molecule has 34 heavy (non-hydrogen) atoms. The van der Waals surface area contributed by atoms with Crippen LogP contribution < -0.4 is 16.4 Å². The van der Waals surface area contributed by atoms with E-state index in [-0.39, 0.29) is 23.1 Å². The Labute approximate surface area is 202 Å². The first-order valence-electron chi connectivity index (χ1n) is 11.5. The van der Waals surface area contributed by atoms with E-state index in [1.54, 1.807) is 23.1 Å². The van der Waals surface area contributed by atoms with E-state index in [4.69, 9.17) is 10.2 Å². The summed E-state index contributed by atoms with van der Waals surface area (Å²) < 4.78 is 7.26. The normalized spacial score (nSPS) is 20.1. The fraction of sp³-hybridized carbons (Fsp3) is 0.435. The smallest absolute Gasteiger partial charge is 0.277 e. The largest absolute Gasteiger partial charge is 0.444 e. The third-order valence-corrected chi connectivity index (χ3v) is 6.78. The first-order chi connectivity index (χ1) is 16.5. The summed E-state index contributed by atoms with van der Waals surface area (Å²) in [5, 5.41) is 10.7. The number of oxazole rings is 1. The Balaban J connectivity index is 1.29. The van der Waals surface area contributed by atoms with Gasteiger partial charge < -0.3 is 20.8 Å². The van der Waals surface area contributed by atoms with E-state index in [0.29, 0.717) is 16.7 Å². The van der Waals surface area contributed by atoms with Crippen molar-refractivity contribution in [2.24, 2.45) is 11.7 Å². The highest BCUT2D eigenvalue weighted by Crippen LogP contribution is 2.32. The number of pyridine rings is 1. The predicted molar refractivity (Wildman–Crippen MR) is 130 cm³/mol. The van der Waals surface area contributed by atoms with Gasteiger partial charge in [-0.1, -0.05) is 0 Å². The monoisotopic (exact) mass is 481 g/mol. The van der Waals surface area contributed by atoms with Crippen molar-refractivity contribution in [3.8, 4) is 11.5 Å². The number of nitrogens with zero attached hydrogens (tertiary/aromatic N) is 4. The molecule has 0 radical (unpaired) electrons. The lowest BCUT2D eigenvalue weighted by Gasteiger charge is -2.25. The van der Waals surface area contributed by atoms with Crippen LogP contribution in [0.5, 0.6) is 0 Å². The van der Waals surface area contributed by atoms with Crippen LogP contribution in [-0.2, 0) is 0 Å². The van der Waals surface area contributed by atoms with Crippen molar-refractivity contribution >= 4 is 35.9 Å². The summed E-state index contributed by atoms with van der Waals surface area (Å²) in [6.07, 6.45) is 10.8. The van der Waals surface area contributed by atoms with Gasteiger partial charge in [-0.2, -0.15) is 17.7 Å². The highest BCUT2D eigenvalue weighted by Gasteiger charge is 2.25. The standard InChI is InChI=1S/C23H27N7O3S/c24-21(31)20-17(11-30(29-20)15-3-5-16(34)6-4-15)27-22(32)18-12-33-23(28-18)14-7-8-25-19(9-14)26-10-13-1-2-13/h7-9,11-13,15-16,34H,1-6,10H2,(H2,24,31)(H,25,26)(H,27,32). The molecule has 3 aromatic heterocycles. The molecule has 11 heteroatoms. The van der Waals surface area contributed by atoms with Gasteiger partial charge in [0.25, 0.3) is 11.8 Å². The number of nitrogens with one attached hydrogen (secondary N) is 2. The number of rotatable bonds is 8. The summed E-state index contributed by atoms with van der Waals surface area (Å²) >= 11 is 4.53. The maximum Gasteiger partial charge on any atom is 0.277 e. The van der Waals surface area contributed by atoms with Crippen molar-refractivity contribution in [2.75, 3.05) is 17.2 Å². The van der Waals surface area contributed by atoms with Gasteiger partial charge in [-0.15, -0.1) is 0 Å². The van der Waals surface area contributed by atoms with E-state index in [2.05, 4.69) is 38.3 Å². The third-order valence-electron chi connectivity index (χ3n) is 6.27. The molecule has 2 amide bonds. The van der Waals surface area contributed by atoms with Crippen molar-refractivity contribution < 1.29 is 14.0 Å². The van der Waals surface area contributed by atoms with Crippen LogP contribution in [0.25, 0.3) is 11.5 Å². The molecular weight excluding hydrogens is 454 g/mol. The Kier molecular flexibility index (Phi) is 6.27. The number of anilines is 2. The first-order valence-corrected chi connectivity index (χ1v) is 12.0. The number of primary amides is 1. The predicted octanol–water partition coefficient (Wildman–Crippen LogP) is 3.52. The topological polar surface area (TPSA) is 141 Å². The molecule has 0 aromatic carbocycles. The van der Waals surface area contributed by atoms with E-state index < -0.39 is 11.8 Å². The van der Waals surface area contributed by atoms with Crippen LogP contribution in [0.2, 0.25) is 0 Å². The Hall–Kier alpha value is -3.34. The molecule has 2 saturated carbocycles. The molecule has 0 bridgehead atoms. The molecule has 0 unspecified atom stereocenters. The molecule has 5 rings (SSSR count). The summed E-state index contributed by atoms with van der Waals surface area (Å²) in [7, 11) is 0. The molecule has 2 aliphatic rings. The quantitative estimate of drug-likeness (QED) is 0.361. The molecule has 10 nitrogen and oxygen atoms in total. The minimum Gasteiger partial charge on any atom is -0.444 e. The molecule has 0 aliphatic heterocycles. The van der Waals surface area contributed by atoms with Crippen molar-refractivity contribution in [1.82, 2.24) is 19.7 Å². The van der Waals surface area contributed by atoms with Crippen LogP contribution in [0.1, 0.15) is 65.5 Å². The van der Waals surface area contributed by atoms with Crippen molar-refractivity contribution in [3.05, 3.63) is 42.2 Å². The summed E-state index contributed by atoms with van der Waals surface area (Å²) in [6.45, 7) is 0.891. The average Bonchev–Trinajstić information content (AvgIpc) is 3.35. The van der Waals surface area contributed by atoms with Gasteiger partial charge in [-0.05, 0) is 56.6 Å². The minimum absolute atomic E-state index is 0.0191. The maximum absolute atomic E-state index is 12.9. The van der Waals surface area contributed by atoms with Crippen molar-refractivity contribution in [3.63, 3.8) is 0 Å². The first kappa shape index (κ1) is 22.5. The number of carbonyl (C=O) groups is 2. The van der Waals surface area contributed by atoms with Gasteiger partial charge in [0.1, 0.15) is 12.1 Å². The van der Waals surface area contributed by atoms with Crippen molar-refractivity contribution in [1.29, 1.82) is 0 Å². The van der Waals surface area contributed by atoms with Crippen LogP contribution in [0, 0.1) is 5.92 Å². The van der Waals surface area contributed by atoms with Crippen LogP contribution >= 0.6 is 12.6 Å². The van der Waals surface area contributed by atoms with E-state index in [1.807, 2.05) is 6.07 Å². The van der Waals surface area contributed by atoms with Gasteiger partial charge >= 0.3 is 0 Å². The molecule has 3 heterocycles. The number of aromatic nitrogens is 4. The lowest BCUT2D eigenvalue weighted by Crippen LogP contribution is -2.20. The van der Waals surface area contributed by atoms with Gasteiger partial charge in [-0.3, -0.25) is 14.3 Å². The highest BCUT2D eigenvalue weighted by molar-refractivity contribution is 7.80. The van der Waals surface area contributed by atoms with Crippen LogP contribution in [0.3, 0.4) is 0 Å². The lowest BCUT2D eigenvalue weighted by atomic mass is 9.95. The van der Waals surface area contributed by atoms with Crippen molar-refractivity contribution in [2.45, 2.75) is 49.8 Å². The maximum atomic E-state index is 12.9. The summed E-state index contributed by atoms with van der Waals surface area (Å²) in [4.78, 5) is 33.4. The van der Waals surface area contributed by atoms with Gasteiger partial charge in [-0.25, -0.2) is 9.97 Å². The SMILES string of the molecule is NC(=O)c1nn(C2CCC(S)CC2)cc1NC(=O)c1coc(-c2ccnc(NCC3CC3)c2)n1. The Morgan fingerprint density at radius 2 is 2.00 bits per heavy atom. The third kappa shape index (κ3) is 5.09. The number of hydrogen-bond acceptors (Lipinski definition) is 8.